The first-order chi connectivity index (χ1) is 11.0. The lowest BCUT2D eigenvalue weighted by atomic mass is 10.1. The van der Waals surface area contributed by atoms with E-state index in [1.807, 2.05) is 6.26 Å². The molecule has 23 heavy (non-hydrogen) atoms. The van der Waals surface area contributed by atoms with Gasteiger partial charge in [-0.15, -0.1) is 0 Å². The molecule has 0 aliphatic carbocycles. The lowest BCUT2D eigenvalue weighted by Crippen LogP contribution is -2.36. The summed E-state index contributed by atoms with van der Waals surface area (Å²) in [4.78, 5) is 35.1. The van der Waals surface area contributed by atoms with Gasteiger partial charge in [-0.05, 0) is 25.1 Å². The van der Waals surface area contributed by atoms with Crippen LogP contribution in [0.15, 0.2) is 16.1 Å². The SMILES string of the molecule is COCCN1CC[C@H](CN(C)C(=O)c2cnc(SC)[nH]c2=O)C1. The lowest BCUT2D eigenvalue weighted by molar-refractivity contribution is 0.0769. The van der Waals surface area contributed by atoms with Crippen LogP contribution in [0.4, 0.5) is 0 Å². The number of nitrogens with zero attached hydrogens (tertiary/aromatic N) is 3. The fourth-order valence-corrected chi connectivity index (χ4v) is 3.15. The molecular formula is C15H24N4O3S. The first kappa shape index (κ1) is 18.0. The molecule has 1 aromatic heterocycles. The van der Waals surface area contributed by atoms with Crippen molar-refractivity contribution in [3.63, 3.8) is 0 Å². The van der Waals surface area contributed by atoms with E-state index in [1.54, 1.807) is 19.1 Å². The first-order valence-electron chi connectivity index (χ1n) is 7.65. The summed E-state index contributed by atoms with van der Waals surface area (Å²) in [5.74, 6) is 0.153. The molecule has 1 atom stereocenters. The Morgan fingerprint density at radius 3 is 3.04 bits per heavy atom. The van der Waals surface area contributed by atoms with E-state index in [9.17, 15) is 9.59 Å². The van der Waals surface area contributed by atoms with E-state index < -0.39 is 0 Å². The second kappa shape index (κ2) is 8.47. The highest BCUT2D eigenvalue weighted by atomic mass is 32.2. The third-order valence-electron chi connectivity index (χ3n) is 4.06. The fourth-order valence-electron chi connectivity index (χ4n) is 2.80. The number of aromatic nitrogens is 2. The predicted octanol–water partition coefficient (Wildman–Crippen LogP) is 0.532. The van der Waals surface area contributed by atoms with Crippen molar-refractivity contribution in [3.05, 3.63) is 22.1 Å². The van der Waals surface area contributed by atoms with E-state index in [4.69, 9.17) is 4.74 Å². The minimum atomic E-state index is -0.380. The molecule has 0 aromatic carbocycles. The van der Waals surface area contributed by atoms with Crippen molar-refractivity contribution in [1.29, 1.82) is 0 Å². The topological polar surface area (TPSA) is 78.5 Å². The number of carbonyl (C=O) groups is 1. The number of hydrogen-bond acceptors (Lipinski definition) is 6. The highest BCUT2D eigenvalue weighted by Crippen LogP contribution is 2.17. The van der Waals surface area contributed by atoms with Crippen LogP contribution < -0.4 is 5.56 Å². The zero-order chi connectivity index (χ0) is 16.8. The van der Waals surface area contributed by atoms with Crippen molar-refractivity contribution in [3.8, 4) is 0 Å². The van der Waals surface area contributed by atoms with Crippen molar-refractivity contribution < 1.29 is 9.53 Å². The summed E-state index contributed by atoms with van der Waals surface area (Å²) in [6.07, 6.45) is 4.24. The van der Waals surface area contributed by atoms with Gasteiger partial charge in [0.2, 0.25) is 0 Å². The molecule has 1 aromatic rings. The van der Waals surface area contributed by atoms with Crippen LogP contribution >= 0.6 is 11.8 Å². The Hall–Kier alpha value is -1.38. The molecule has 2 heterocycles. The number of ether oxygens (including phenoxy) is 1. The summed E-state index contributed by atoms with van der Waals surface area (Å²) < 4.78 is 5.10. The zero-order valence-electron chi connectivity index (χ0n) is 13.9. The molecule has 0 saturated carbocycles. The zero-order valence-corrected chi connectivity index (χ0v) is 14.7. The molecule has 1 aliphatic rings. The summed E-state index contributed by atoms with van der Waals surface area (Å²) >= 11 is 1.34. The summed E-state index contributed by atoms with van der Waals surface area (Å²) in [5.41, 5.74) is -0.283. The molecule has 7 nitrogen and oxygen atoms in total. The van der Waals surface area contributed by atoms with Crippen LogP contribution in [0.5, 0.6) is 0 Å². The van der Waals surface area contributed by atoms with Crippen molar-refractivity contribution in [1.82, 2.24) is 19.8 Å². The second-order valence-corrected chi connectivity index (χ2v) is 6.56. The molecule has 0 unspecified atom stereocenters. The highest BCUT2D eigenvalue weighted by Gasteiger charge is 2.25. The van der Waals surface area contributed by atoms with E-state index in [1.165, 1.54) is 18.0 Å². The Bertz CT molecular complexity index is 592. The molecule has 1 amide bonds. The Labute approximate surface area is 140 Å². The quantitative estimate of drug-likeness (QED) is 0.576. The fraction of sp³-hybridized carbons (Fsp3) is 0.667. The third kappa shape index (κ3) is 4.79. The summed E-state index contributed by atoms with van der Waals surface area (Å²) in [5, 5.41) is 0.513. The van der Waals surface area contributed by atoms with Crippen molar-refractivity contribution in [2.45, 2.75) is 11.6 Å². The van der Waals surface area contributed by atoms with Gasteiger partial charge >= 0.3 is 0 Å². The second-order valence-electron chi connectivity index (χ2n) is 5.77. The van der Waals surface area contributed by atoms with Gasteiger partial charge in [0.1, 0.15) is 5.56 Å². The van der Waals surface area contributed by atoms with E-state index in [0.717, 1.165) is 32.7 Å². The third-order valence-corrected chi connectivity index (χ3v) is 4.65. The molecule has 0 spiro atoms. The van der Waals surface area contributed by atoms with Crippen LogP contribution in [0.2, 0.25) is 0 Å². The van der Waals surface area contributed by atoms with E-state index in [2.05, 4.69) is 14.9 Å². The van der Waals surface area contributed by atoms with Gasteiger partial charge in [-0.3, -0.25) is 9.59 Å². The number of amides is 1. The predicted molar refractivity (Wildman–Crippen MR) is 90.0 cm³/mol. The lowest BCUT2D eigenvalue weighted by Gasteiger charge is -2.21. The minimum Gasteiger partial charge on any atom is -0.383 e. The van der Waals surface area contributed by atoms with Gasteiger partial charge in [0.25, 0.3) is 11.5 Å². The average Bonchev–Trinajstić information content (AvgIpc) is 2.99. The largest absolute Gasteiger partial charge is 0.383 e. The molecule has 0 bridgehead atoms. The maximum absolute atomic E-state index is 12.4. The summed E-state index contributed by atoms with van der Waals surface area (Å²) in [6, 6.07) is 0. The summed E-state index contributed by atoms with van der Waals surface area (Å²) in [7, 11) is 3.44. The normalized spacial score (nSPS) is 18.3. The van der Waals surface area contributed by atoms with Crippen LogP contribution in [0, 0.1) is 5.92 Å². The Morgan fingerprint density at radius 1 is 1.61 bits per heavy atom. The average molecular weight is 340 g/mol. The minimum absolute atomic E-state index is 0.0968. The first-order valence-corrected chi connectivity index (χ1v) is 8.87. The number of likely N-dealkylation sites (tertiary alicyclic amines) is 1. The van der Waals surface area contributed by atoms with Gasteiger partial charge in [0.05, 0.1) is 6.61 Å². The number of rotatable bonds is 7. The number of nitrogens with one attached hydrogen (secondary N) is 1. The number of aromatic amines is 1. The molecule has 2 rings (SSSR count). The maximum atomic E-state index is 12.4. The number of hydrogen-bond donors (Lipinski definition) is 1. The number of methoxy groups -OCH3 is 1. The Balaban J connectivity index is 1.92. The van der Waals surface area contributed by atoms with Crippen molar-refractivity contribution in [2.24, 2.45) is 5.92 Å². The standard InChI is InChI=1S/C15H24N4O3S/c1-18(9-11-4-5-19(10-11)6-7-22-2)14(21)12-8-16-15(23-3)17-13(12)20/h8,11H,4-7,9-10H2,1-3H3,(H,16,17,20)/t11-/m1/s1. The van der Waals surface area contributed by atoms with Crippen LogP contribution in [-0.2, 0) is 4.74 Å². The van der Waals surface area contributed by atoms with Gasteiger partial charge in [0, 0.05) is 40.0 Å². The van der Waals surface area contributed by atoms with Gasteiger partial charge in [-0.2, -0.15) is 0 Å². The number of thioether (sulfide) groups is 1. The molecule has 8 heteroatoms. The molecule has 1 N–H and O–H groups in total. The smallest absolute Gasteiger partial charge is 0.264 e. The van der Waals surface area contributed by atoms with Gasteiger partial charge in [-0.1, -0.05) is 11.8 Å². The van der Waals surface area contributed by atoms with Crippen molar-refractivity contribution in [2.75, 3.05) is 53.2 Å². The molecule has 1 fully saturated rings. The Kier molecular flexibility index (Phi) is 6.61. The molecule has 0 radical (unpaired) electrons. The maximum Gasteiger partial charge on any atom is 0.264 e. The molecular weight excluding hydrogens is 316 g/mol. The number of carbonyl (C=O) groups excluding carboxylic acids is 1. The molecule has 1 saturated heterocycles. The van der Waals surface area contributed by atoms with Crippen LogP contribution in [0.25, 0.3) is 0 Å². The van der Waals surface area contributed by atoms with E-state index in [-0.39, 0.29) is 17.0 Å². The van der Waals surface area contributed by atoms with Gasteiger partial charge in [0.15, 0.2) is 5.16 Å². The highest BCUT2D eigenvalue weighted by molar-refractivity contribution is 7.98. The van der Waals surface area contributed by atoms with Crippen LogP contribution in [0.1, 0.15) is 16.8 Å². The van der Waals surface area contributed by atoms with E-state index >= 15 is 0 Å². The Morgan fingerprint density at radius 2 is 2.39 bits per heavy atom. The van der Waals surface area contributed by atoms with Crippen LogP contribution in [0.3, 0.4) is 0 Å². The molecule has 128 valence electrons. The van der Waals surface area contributed by atoms with E-state index in [0.29, 0.717) is 17.6 Å². The molecule has 1 aliphatic heterocycles. The number of H-pyrrole nitrogens is 1. The monoisotopic (exact) mass is 340 g/mol. The summed E-state index contributed by atoms with van der Waals surface area (Å²) in [6.45, 7) is 4.28. The van der Waals surface area contributed by atoms with Gasteiger partial charge in [-0.25, -0.2) is 4.98 Å². The van der Waals surface area contributed by atoms with Crippen LogP contribution in [-0.4, -0.2) is 78.9 Å². The van der Waals surface area contributed by atoms with Gasteiger partial charge < -0.3 is 19.5 Å². The van der Waals surface area contributed by atoms with Crippen molar-refractivity contribution >= 4 is 17.7 Å².